The molecule has 0 radical (unpaired) electrons. The first-order chi connectivity index (χ1) is 13.5. The van der Waals surface area contributed by atoms with E-state index in [0.29, 0.717) is 19.4 Å². The molecule has 2 amide bonds. The molecule has 1 aliphatic rings. The van der Waals surface area contributed by atoms with Crippen LogP contribution in [-0.4, -0.2) is 41.3 Å². The maximum atomic E-state index is 12.4. The highest BCUT2D eigenvalue weighted by Crippen LogP contribution is 2.28. The number of nitrogens with one attached hydrogen (secondary N) is 1. The molecule has 6 heteroatoms. The van der Waals surface area contributed by atoms with Crippen molar-refractivity contribution in [1.82, 2.24) is 15.2 Å². The fraction of sp³-hybridized carbons (Fsp3) is 0.500. The van der Waals surface area contributed by atoms with Crippen LogP contribution in [0.1, 0.15) is 47.6 Å². The molecule has 2 aromatic rings. The third kappa shape index (κ3) is 5.64. The molecule has 0 saturated carbocycles. The summed E-state index contributed by atoms with van der Waals surface area (Å²) in [5, 5.41) is 3.97. The zero-order valence-electron chi connectivity index (χ0n) is 16.8. The predicted octanol–water partition coefficient (Wildman–Crippen LogP) is 3.88. The van der Waals surface area contributed by atoms with Gasteiger partial charge in [-0.1, -0.05) is 36.2 Å². The molecule has 0 unspecified atom stereocenters. The third-order valence-electron chi connectivity index (χ3n) is 5.05. The van der Waals surface area contributed by atoms with Crippen molar-refractivity contribution < 1.29 is 9.59 Å². The van der Waals surface area contributed by atoms with Crippen molar-refractivity contribution in [2.45, 2.75) is 52.4 Å². The minimum absolute atomic E-state index is 0.0132. The van der Waals surface area contributed by atoms with Crippen LogP contribution < -0.4 is 5.32 Å². The van der Waals surface area contributed by atoms with E-state index < -0.39 is 0 Å². The lowest BCUT2D eigenvalue weighted by Gasteiger charge is -2.20. The Morgan fingerprint density at radius 1 is 1.18 bits per heavy atom. The van der Waals surface area contributed by atoms with E-state index in [-0.39, 0.29) is 11.8 Å². The molecule has 1 fully saturated rings. The van der Waals surface area contributed by atoms with Gasteiger partial charge in [0.05, 0.1) is 17.1 Å². The number of nitrogens with zero attached hydrogens (tertiary/aromatic N) is 2. The molecule has 2 heterocycles. The van der Waals surface area contributed by atoms with Gasteiger partial charge in [-0.15, -0.1) is 11.3 Å². The predicted molar refractivity (Wildman–Crippen MR) is 113 cm³/mol. The zero-order chi connectivity index (χ0) is 19.9. The Morgan fingerprint density at radius 3 is 2.75 bits per heavy atom. The SMILES string of the molecule is Cc1ccc(-c2nc(C)sc2CC(=O)NCCCN2CCCCCC2=O)cc1. The first-order valence-corrected chi connectivity index (χ1v) is 10.9. The molecule has 3 rings (SSSR count). The highest BCUT2D eigenvalue weighted by molar-refractivity contribution is 7.12. The fourth-order valence-corrected chi connectivity index (χ4v) is 4.46. The van der Waals surface area contributed by atoms with Crippen LogP contribution >= 0.6 is 11.3 Å². The van der Waals surface area contributed by atoms with Crippen LogP contribution in [0.5, 0.6) is 0 Å². The number of aromatic nitrogens is 1. The summed E-state index contributed by atoms with van der Waals surface area (Å²) in [6.45, 7) is 6.21. The van der Waals surface area contributed by atoms with E-state index in [0.717, 1.165) is 59.9 Å². The number of aryl methyl sites for hydroxylation is 2. The van der Waals surface area contributed by atoms with Gasteiger partial charge in [0, 0.05) is 36.5 Å². The van der Waals surface area contributed by atoms with Gasteiger partial charge in [-0.25, -0.2) is 4.98 Å². The molecule has 1 saturated heterocycles. The van der Waals surface area contributed by atoms with Gasteiger partial charge in [0.25, 0.3) is 0 Å². The Labute approximate surface area is 171 Å². The van der Waals surface area contributed by atoms with Gasteiger partial charge in [0.2, 0.25) is 11.8 Å². The van der Waals surface area contributed by atoms with Gasteiger partial charge < -0.3 is 10.2 Å². The Hall–Kier alpha value is -2.21. The number of thiazole rings is 1. The molecular formula is C22H29N3O2S. The van der Waals surface area contributed by atoms with Crippen molar-refractivity contribution in [3.8, 4) is 11.3 Å². The number of hydrogen-bond acceptors (Lipinski definition) is 4. The van der Waals surface area contributed by atoms with Crippen molar-refractivity contribution in [3.05, 3.63) is 39.7 Å². The van der Waals surface area contributed by atoms with Crippen molar-refractivity contribution in [3.63, 3.8) is 0 Å². The molecule has 28 heavy (non-hydrogen) atoms. The molecular weight excluding hydrogens is 370 g/mol. The zero-order valence-corrected chi connectivity index (χ0v) is 17.6. The topological polar surface area (TPSA) is 62.3 Å². The Balaban J connectivity index is 1.50. The van der Waals surface area contributed by atoms with Gasteiger partial charge in [-0.2, -0.15) is 0 Å². The molecule has 1 aliphatic heterocycles. The van der Waals surface area contributed by atoms with Crippen LogP contribution in [0.25, 0.3) is 11.3 Å². The number of carbonyl (C=O) groups is 2. The second kappa shape index (κ2) is 9.82. The molecule has 0 bridgehead atoms. The molecule has 0 aliphatic carbocycles. The second-order valence-corrected chi connectivity index (χ2v) is 8.73. The van der Waals surface area contributed by atoms with E-state index in [9.17, 15) is 9.59 Å². The molecule has 150 valence electrons. The second-order valence-electron chi connectivity index (χ2n) is 7.44. The van der Waals surface area contributed by atoms with E-state index in [2.05, 4.69) is 41.5 Å². The Bertz CT molecular complexity index is 814. The van der Waals surface area contributed by atoms with Crippen LogP contribution in [0.15, 0.2) is 24.3 Å². The van der Waals surface area contributed by atoms with E-state index >= 15 is 0 Å². The molecule has 1 N–H and O–H groups in total. The number of amides is 2. The van der Waals surface area contributed by atoms with Crippen LogP contribution in [0.3, 0.4) is 0 Å². The summed E-state index contributed by atoms with van der Waals surface area (Å²) in [6, 6.07) is 8.25. The average molecular weight is 400 g/mol. The lowest BCUT2D eigenvalue weighted by atomic mass is 10.1. The number of benzene rings is 1. The van der Waals surface area contributed by atoms with Crippen LogP contribution in [0, 0.1) is 13.8 Å². The van der Waals surface area contributed by atoms with E-state index in [1.807, 2.05) is 11.8 Å². The van der Waals surface area contributed by atoms with E-state index in [1.165, 1.54) is 5.56 Å². The van der Waals surface area contributed by atoms with Gasteiger partial charge in [-0.3, -0.25) is 9.59 Å². The standard InChI is InChI=1S/C22H29N3O2S/c1-16-8-10-18(11-9-16)22-19(28-17(2)24-22)15-20(26)23-12-6-14-25-13-5-3-4-7-21(25)27/h8-11H,3-7,12-15H2,1-2H3,(H,23,26). The van der Waals surface area contributed by atoms with Crippen LogP contribution in [0.2, 0.25) is 0 Å². The molecule has 1 aromatic carbocycles. The summed E-state index contributed by atoms with van der Waals surface area (Å²) in [5.74, 6) is 0.269. The first-order valence-electron chi connectivity index (χ1n) is 10.1. The van der Waals surface area contributed by atoms with Crippen molar-refractivity contribution in [1.29, 1.82) is 0 Å². The fourth-order valence-electron chi connectivity index (χ4n) is 3.51. The quantitative estimate of drug-likeness (QED) is 0.719. The summed E-state index contributed by atoms with van der Waals surface area (Å²) < 4.78 is 0. The summed E-state index contributed by atoms with van der Waals surface area (Å²) in [7, 11) is 0. The Morgan fingerprint density at radius 2 is 1.96 bits per heavy atom. The molecule has 0 spiro atoms. The van der Waals surface area contributed by atoms with Crippen LogP contribution in [-0.2, 0) is 16.0 Å². The van der Waals surface area contributed by atoms with Gasteiger partial charge in [-0.05, 0) is 33.1 Å². The van der Waals surface area contributed by atoms with Gasteiger partial charge in [0.1, 0.15) is 0 Å². The Kier molecular flexibility index (Phi) is 7.20. The number of carbonyl (C=O) groups excluding carboxylic acids is 2. The minimum Gasteiger partial charge on any atom is -0.356 e. The van der Waals surface area contributed by atoms with Gasteiger partial charge >= 0.3 is 0 Å². The average Bonchev–Trinajstić information content (AvgIpc) is 2.90. The first kappa shape index (κ1) is 20.5. The minimum atomic E-state index is 0.0132. The lowest BCUT2D eigenvalue weighted by Crippen LogP contribution is -2.34. The third-order valence-corrected chi connectivity index (χ3v) is 6.02. The summed E-state index contributed by atoms with van der Waals surface area (Å²) in [5.41, 5.74) is 3.17. The maximum absolute atomic E-state index is 12.4. The van der Waals surface area contributed by atoms with Crippen molar-refractivity contribution in [2.24, 2.45) is 0 Å². The van der Waals surface area contributed by atoms with Crippen LogP contribution in [0.4, 0.5) is 0 Å². The number of rotatable bonds is 7. The molecule has 1 aromatic heterocycles. The number of hydrogen-bond donors (Lipinski definition) is 1. The van der Waals surface area contributed by atoms with E-state index in [4.69, 9.17) is 0 Å². The summed E-state index contributed by atoms with van der Waals surface area (Å²) in [4.78, 5) is 32.0. The normalized spacial score (nSPS) is 14.8. The monoisotopic (exact) mass is 399 g/mol. The molecule has 5 nitrogen and oxygen atoms in total. The number of likely N-dealkylation sites (tertiary alicyclic amines) is 1. The smallest absolute Gasteiger partial charge is 0.225 e. The highest BCUT2D eigenvalue weighted by atomic mass is 32.1. The highest BCUT2D eigenvalue weighted by Gasteiger charge is 2.17. The van der Waals surface area contributed by atoms with E-state index in [1.54, 1.807) is 11.3 Å². The maximum Gasteiger partial charge on any atom is 0.225 e. The van der Waals surface area contributed by atoms with Crippen molar-refractivity contribution in [2.75, 3.05) is 19.6 Å². The van der Waals surface area contributed by atoms with Crippen molar-refractivity contribution >= 4 is 23.2 Å². The largest absolute Gasteiger partial charge is 0.356 e. The lowest BCUT2D eigenvalue weighted by molar-refractivity contribution is -0.130. The summed E-state index contributed by atoms with van der Waals surface area (Å²) >= 11 is 1.58. The molecule has 0 atom stereocenters. The summed E-state index contributed by atoms with van der Waals surface area (Å²) in [6.07, 6.45) is 5.03. The van der Waals surface area contributed by atoms with Gasteiger partial charge in [0.15, 0.2) is 0 Å².